The molecule has 0 aliphatic heterocycles. The Balaban J connectivity index is 2.30. The molecule has 0 amide bonds. The van der Waals surface area contributed by atoms with Crippen molar-refractivity contribution in [2.45, 2.75) is 23.3 Å². The maximum atomic E-state index is 13.7. The van der Waals surface area contributed by atoms with Gasteiger partial charge in [-0.1, -0.05) is 18.7 Å². The van der Waals surface area contributed by atoms with Crippen molar-refractivity contribution < 1.29 is 13.5 Å². The molecule has 0 atom stereocenters. The molecular formula is C14H15F2N3OS. The summed E-state index contributed by atoms with van der Waals surface area (Å²) in [4.78, 5) is 8.49. The Morgan fingerprint density at radius 1 is 1.29 bits per heavy atom. The summed E-state index contributed by atoms with van der Waals surface area (Å²) < 4.78 is 31.9. The van der Waals surface area contributed by atoms with Gasteiger partial charge in [0.15, 0.2) is 11.6 Å². The Labute approximate surface area is 126 Å². The molecule has 1 aromatic carbocycles. The average molecular weight is 311 g/mol. The molecule has 2 aromatic rings. The minimum absolute atomic E-state index is 0.273. The van der Waals surface area contributed by atoms with E-state index in [0.29, 0.717) is 16.6 Å². The van der Waals surface area contributed by atoms with Gasteiger partial charge >= 0.3 is 0 Å². The van der Waals surface area contributed by atoms with Gasteiger partial charge in [-0.2, -0.15) is 0 Å². The highest BCUT2D eigenvalue weighted by atomic mass is 32.2. The standard InChI is InChI=1S/C14H15F2N3OS/c1-3-6-17-13-12(20-2)14(19-8-18-13)21-11-5-4-9(15)7-10(11)16/h4-5,7-8H,3,6H2,1-2H3,(H,17,18,19). The van der Waals surface area contributed by atoms with E-state index in [1.54, 1.807) is 0 Å². The smallest absolute Gasteiger partial charge is 0.194 e. The summed E-state index contributed by atoms with van der Waals surface area (Å²) in [6, 6.07) is 3.41. The molecule has 0 spiro atoms. The summed E-state index contributed by atoms with van der Waals surface area (Å²) in [5, 5.41) is 3.59. The zero-order chi connectivity index (χ0) is 15.2. The van der Waals surface area contributed by atoms with E-state index in [1.165, 1.54) is 25.6 Å². The van der Waals surface area contributed by atoms with Crippen LogP contribution in [-0.4, -0.2) is 23.6 Å². The van der Waals surface area contributed by atoms with Gasteiger partial charge in [0.25, 0.3) is 0 Å². The second-order valence-electron chi connectivity index (χ2n) is 4.16. The van der Waals surface area contributed by atoms with E-state index in [0.717, 1.165) is 30.8 Å². The zero-order valence-electron chi connectivity index (χ0n) is 11.7. The Morgan fingerprint density at radius 3 is 2.76 bits per heavy atom. The van der Waals surface area contributed by atoms with Crippen LogP contribution in [0, 0.1) is 11.6 Å². The van der Waals surface area contributed by atoms with Crippen molar-refractivity contribution in [3.63, 3.8) is 0 Å². The van der Waals surface area contributed by atoms with Gasteiger partial charge in [-0.05, 0) is 18.6 Å². The van der Waals surface area contributed by atoms with Gasteiger partial charge in [0.2, 0.25) is 0 Å². The third kappa shape index (κ3) is 3.81. The van der Waals surface area contributed by atoms with Crippen LogP contribution in [0.5, 0.6) is 5.75 Å². The van der Waals surface area contributed by atoms with Gasteiger partial charge in [0, 0.05) is 17.5 Å². The van der Waals surface area contributed by atoms with E-state index in [4.69, 9.17) is 4.74 Å². The highest BCUT2D eigenvalue weighted by Crippen LogP contribution is 2.37. The first kappa shape index (κ1) is 15.5. The van der Waals surface area contributed by atoms with E-state index < -0.39 is 11.6 Å². The molecule has 0 radical (unpaired) electrons. The molecule has 112 valence electrons. The topological polar surface area (TPSA) is 47.0 Å². The van der Waals surface area contributed by atoms with Crippen LogP contribution in [0.25, 0.3) is 0 Å². The normalized spacial score (nSPS) is 10.5. The van der Waals surface area contributed by atoms with E-state index in [2.05, 4.69) is 15.3 Å². The molecule has 0 saturated heterocycles. The van der Waals surface area contributed by atoms with E-state index in [-0.39, 0.29) is 4.90 Å². The average Bonchev–Trinajstić information content (AvgIpc) is 2.48. The van der Waals surface area contributed by atoms with Crippen molar-refractivity contribution in [3.8, 4) is 5.75 Å². The number of halogens is 2. The number of methoxy groups -OCH3 is 1. The van der Waals surface area contributed by atoms with Gasteiger partial charge in [-0.15, -0.1) is 0 Å². The summed E-state index contributed by atoms with van der Waals surface area (Å²) in [7, 11) is 1.50. The van der Waals surface area contributed by atoms with Crippen LogP contribution >= 0.6 is 11.8 Å². The fourth-order valence-electron chi connectivity index (χ4n) is 1.65. The predicted octanol–water partition coefficient (Wildman–Crippen LogP) is 3.74. The summed E-state index contributed by atoms with van der Waals surface area (Å²) in [5.41, 5.74) is 0. The largest absolute Gasteiger partial charge is 0.490 e. The predicted molar refractivity (Wildman–Crippen MR) is 77.8 cm³/mol. The van der Waals surface area contributed by atoms with Crippen LogP contribution in [0.1, 0.15) is 13.3 Å². The Morgan fingerprint density at radius 2 is 2.10 bits per heavy atom. The summed E-state index contributed by atoms with van der Waals surface area (Å²) >= 11 is 1.06. The van der Waals surface area contributed by atoms with Gasteiger partial charge in [-0.3, -0.25) is 0 Å². The molecule has 0 fully saturated rings. The molecule has 0 bridgehead atoms. The lowest BCUT2D eigenvalue weighted by molar-refractivity contribution is 0.400. The van der Waals surface area contributed by atoms with Crippen LogP contribution < -0.4 is 10.1 Å². The highest BCUT2D eigenvalue weighted by molar-refractivity contribution is 7.99. The van der Waals surface area contributed by atoms with Crippen LogP contribution in [-0.2, 0) is 0 Å². The monoisotopic (exact) mass is 311 g/mol. The number of benzene rings is 1. The highest BCUT2D eigenvalue weighted by Gasteiger charge is 2.15. The number of aromatic nitrogens is 2. The maximum Gasteiger partial charge on any atom is 0.194 e. The molecule has 0 saturated carbocycles. The third-order valence-electron chi connectivity index (χ3n) is 2.62. The molecule has 0 unspecified atom stereocenters. The van der Waals surface area contributed by atoms with Crippen molar-refractivity contribution in [2.24, 2.45) is 0 Å². The van der Waals surface area contributed by atoms with Crippen LogP contribution in [0.15, 0.2) is 34.4 Å². The SMILES string of the molecule is CCCNc1ncnc(Sc2ccc(F)cc2F)c1OC. The number of hydrogen-bond acceptors (Lipinski definition) is 5. The molecule has 1 heterocycles. The quantitative estimate of drug-likeness (QED) is 0.824. The van der Waals surface area contributed by atoms with Gasteiger partial charge in [0.1, 0.15) is 23.0 Å². The minimum atomic E-state index is -0.635. The molecule has 2 rings (SSSR count). The summed E-state index contributed by atoms with van der Waals surface area (Å²) in [6.45, 7) is 2.77. The van der Waals surface area contributed by atoms with Crippen molar-refractivity contribution in [2.75, 3.05) is 19.0 Å². The van der Waals surface area contributed by atoms with Crippen LogP contribution in [0.3, 0.4) is 0 Å². The number of hydrogen-bond donors (Lipinski definition) is 1. The minimum Gasteiger partial charge on any atom is -0.490 e. The Hall–Kier alpha value is -1.89. The van der Waals surface area contributed by atoms with Gasteiger partial charge in [0.05, 0.1) is 7.11 Å². The van der Waals surface area contributed by atoms with Crippen molar-refractivity contribution >= 4 is 17.6 Å². The number of rotatable bonds is 6. The first-order valence-electron chi connectivity index (χ1n) is 6.41. The fraction of sp³-hybridized carbons (Fsp3) is 0.286. The lowest BCUT2D eigenvalue weighted by Crippen LogP contribution is -2.05. The first-order chi connectivity index (χ1) is 10.2. The number of nitrogens with one attached hydrogen (secondary N) is 1. The molecule has 1 aromatic heterocycles. The second kappa shape index (κ2) is 7.21. The van der Waals surface area contributed by atoms with Crippen molar-refractivity contribution in [3.05, 3.63) is 36.2 Å². The number of anilines is 1. The van der Waals surface area contributed by atoms with Gasteiger partial charge in [-0.25, -0.2) is 18.7 Å². The molecule has 0 aliphatic rings. The summed E-state index contributed by atoms with van der Waals surface area (Å²) in [5.74, 6) is -0.250. The van der Waals surface area contributed by atoms with Crippen LogP contribution in [0.2, 0.25) is 0 Å². The van der Waals surface area contributed by atoms with E-state index in [9.17, 15) is 8.78 Å². The maximum absolute atomic E-state index is 13.7. The van der Waals surface area contributed by atoms with E-state index in [1.807, 2.05) is 6.92 Å². The fourth-order valence-corrected chi connectivity index (χ4v) is 2.52. The third-order valence-corrected chi connectivity index (χ3v) is 3.65. The molecule has 21 heavy (non-hydrogen) atoms. The summed E-state index contributed by atoms with van der Waals surface area (Å²) in [6.07, 6.45) is 2.31. The van der Waals surface area contributed by atoms with Crippen LogP contribution in [0.4, 0.5) is 14.6 Å². The Bertz CT molecular complexity index is 625. The van der Waals surface area contributed by atoms with E-state index >= 15 is 0 Å². The molecule has 0 aliphatic carbocycles. The number of ether oxygens (including phenoxy) is 1. The van der Waals surface area contributed by atoms with Crippen molar-refractivity contribution in [1.29, 1.82) is 0 Å². The molecule has 1 N–H and O–H groups in total. The lowest BCUT2D eigenvalue weighted by atomic mass is 10.3. The van der Waals surface area contributed by atoms with Crippen molar-refractivity contribution in [1.82, 2.24) is 9.97 Å². The second-order valence-corrected chi connectivity index (χ2v) is 5.19. The molecule has 4 nitrogen and oxygen atoms in total. The first-order valence-corrected chi connectivity index (χ1v) is 7.23. The molecular weight excluding hydrogens is 296 g/mol. The van der Waals surface area contributed by atoms with Gasteiger partial charge < -0.3 is 10.1 Å². The lowest BCUT2D eigenvalue weighted by Gasteiger charge is -2.12. The number of nitrogens with zero attached hydrogens (tertiary/aromatic N) is 2. The Kier molecular flexibility index (Phi) is 5.32. The molecule has 7 heteroatoms. The zero-order valence-corrected chi connectivity index (χ0v) is 12.5.